The molecule has 2 aliphatic rings. The number of piperazine rings is 1. The van der Waals surface area contributed by atoms with Gasteiger partial charge in [-0.2, -0.15) is 0 Å². The average molecular weight is 386 g/mol. The molecule has 0 N–H and O–H groups in total. The quantitative estimate of drug-likeness (QED) is 0.769. The minimum absolute atomic E-state index is 0. The van der Waals surface area contributed by atoms with Crippen molar-refractivity contribution in [1.82, 2.24) is 9.80 Å². The van der Waals surface area contributed by atoms with Crippen molar-refractivity contribution >= 4 is 18.1 Å². The number of hydrogen-bond acceptors (Lipinski definition) is 3. The first kappa shape index (κ1) is 20.2. The van der Waals surface area contributed by atoms with Crippen molar-refractivity contribution in [2.75, 3.05) is 44.2 Å². The number of benzene rings is 2. The largest absolute Gasteiger partial charge is 0.369 e. The minimum atomic E-state index is 0. The molecule has 0 aromatic heterocycles. The van der Waals surface area contributed by atoms with Crippen LogP contribution in [-0.2, 0) is 0 Å². The summed E-state index contributed by atoms with van der Waals surface area (Å²) < 4.78 is 0. The number of halogens is 1. The Morgan fingerprint density at radius 3 is 1.89 bits per heavy atom. The molecule has 146 valence electrons. The Morgan fingerprint density at radius 1 is 0.741 bits per heavy atom. The summed E-state index contributed by atoms with van der Waals surface area (Å²) in [4.78, 5) is 7.93. The van der Waals surface area contributed by atoms with E-state index in [0.717, 1.165) is 19.1 Å². The normalized spacial score (nSPS) is 20.9. The van der Waals surface area contributed by atoms with Crippen molar-refractivity contribution in [3.63, 3.8) is 0 Å². The van der Waals surface area contributed by atoms with E-state index < -0.39 is 0 Å². The maximum atomic E-state index is 2.74. The zero-order valence-electron chi connectivity index (χ0n) is 16.3. The fraction of sp³-hybridized carbons (Fsp3) is 0.478. The number of piperidine rings is 1. The second kappa shape index (κ2) is 9.59. The van der Waals surface area contributed by atoms with Crippen molar-refractivity contribution in [3.8, 4) is 0 Å². The molecule has 0 spiro atoms. The van der Waals surface area contributed by atoms with Gasteiger partial charge >= 0.3 is 0 Å². The number of nitrogens with zero attached hydrogens (tertiary/aromatic N) is 3. The van der Waals surface area contributed by atoms with E-state index in [9.17, 15) is 0 Å². The lowest BCUT2D eigenvalue weighted by Gasteiger charge is -2.44. The van der Waals surface area contributed by atoms with Gasteiger partial charge in [0.2, 0.25) is 0 Å². The first-order valence-electron chi connectivity index (χ1n) is 10.1. The van der Waals surface area contributed by atoms with Crippen LogP contribution in [0.1, 0.15) is 31.4 Å². The first-order chi connectivity index (χ1) is 12.8. The van der Waals surface area contributed by atoms with Gasteiger partial charge in [0.15, 0.2) is 0 Å². The molecule has 0 saturated carbocycles. The zero-order chi connectivity index (χ0) is 17.8. The highest BCUT2D eigenvalue weighted by molar-refractivity contribution is 5.85. The second-order valence-electron chi connectivity index (χ2n) is 7.71. The fourth-order valence-electron chi connectivity index (χ4n) is 4.56. The third-order valence-corrected chi connectivity index (χ3v) is 6.28. The fourth-order valence-corrected chi connectivity index (χ4v) is 4.56. The Labute approximate surface area is 170 Å². The topological polar surface area (TPSA) is 9.72 Å². The molecule has 1 atom stereocenters. The minimum Gasteiger partial charge on any atom is -0.369 e. The summed E-state index contributed by atoms with van der Waals surface area (Å²) in [6.07, 6.45) is 2.62. The van der Waals surface area contributed by atoms with Crippen LogP contribution >= 0.6 is 12.4 Å². The van der Waals surface area contributed by atoms with Crippen LogP contribution in [0.4, 0.5) is 5.69 Å². The predicted molar refractivity (Wildman–Crippen MR) is 117 cm³/mol. The monoisotopic (exact) mass is 385 g/mol. The lowest BCUT2D eigenvalue weighted by molar-refractivity contribution is 0.0840. The van der Waals surface area contributed by atoms with Crippen molar-refractivity contribution in [2.24, 2.45) is 0 Å². The van der Waals surface area contributed by atoms with Crippen molar-refractivity contribution in [2.45, 2.75) is 31.8 Å². The zero-order valence-corrected chi connectivity index (χ0v) is 17.2. The molecule has 2 aromatic rings. The lowest BCUT2D eigenvalue weighted by atomic mass is 9.98. The third kappa shape index (κ3) is 4.84. The molecule has 0 radical (unpaired) electrons. The van der Waals surface area contributed by atoms with E-state index in [1.807, 2.05) is 0 Å². The van der Waals surface area contributed by atoms with E-state index in [1.165, 1.54) is 50.3 Å². The van der Waals surface area contributed by atoms with Crippen LogP contribution in [0.5, 0.6) is 0 Å². The smallest absolute Gasteiger partial charge is 0.0367 e. The van der Waals surface area contributed by atoms with Crippen molar-refractivity contribution in [3.05, 3.63) is 66.2 Å². The molecule has 2 aromatic carbocycles. The molecule has 2 heterocycles. The molecule has 0 aliphatic carbocycles. The SMILES string of the molecule is CC(c1ccccc1)N1CCC(N2CCN(c3ccccc3)CC2)CC1.Cl. The second-order valence-corrected chi connectivity index (χ2v) is 7.71. The molecule has 4 heteroatoms. The van der Waals surface area contributed by atoms with Crippen LogP contribution in [0.15, 0.2) is 60.7 Å². The van der Waals surface area contributed by atoms with Crippen LogP contribution < -0.4 is 4.90 Å². The van der Waals surface area contributed by atoms with Gasteiger partial charge in [-0.15, -0.1) is 12.4 Å². The van der Waals surface area contributed by atoms with Crippen LogP contribution in [0, 0.1) is 0 Å². The molecule has 27 heavy (non-hydrogen) atoms. The van der Waals surface area contributed by atoms with E-state index >= 15 is 0 Å². The summed E-state index contributed by atoms with van der Waals surface area (Å²) in [6.45, 7) is 9.52. The van der Waals surface area contributed by atoms with Gasteiger partial charge < -0.3 is 4.90 Å². The van der Waals surface area contributed by atoms with Crippen LogP contribution in [0.3, 0.4) is 0 Å². The summed E-state index contributed by atoms with van der Waals surface area (Å²) >= 11 is 0. The molecule has 3 nitrogen and oxygen atoms in total. The van der Waals surface area contributed by atoms with Crippen molar-refractivity contribution < 1.29 is 0 Å². The highest BCUT2D eigenvalue weighted by atomic mass is 35.5. The molecule has 2 fully saturated rings. The standard InChI is InChI=1S/C23H31N3.ClH/c1-20(21-8-4-2-5-9-21)24-14-12-23(13-15-24)26-18-16-25(17-19-26)22-10-6-3-7-11-22;/h2-11,20,23H,12-19H2,1H3;1H. The number of para-hydroxylation sites is 1. The van der Waals surface area contributed by atoms with Gasteiger partial charge in [-0.3, -0.25) is 9.80 Å². The first-order valence-corrected chi connectivity index (χ1v) is 10.1. The number of rotatable bonds is 4. The number of hydrogen-bond donors (Lipinski definition) is 0. The Kier molecular flexibility index (Phi) is 7.17. The molecule has 2 saturated heterocycles. The summed E-state index contributed by atoms with van der Waals surface area (Å²) in [5.41, 5.74) is 2.82. The van der Waals surface area contributed by atoms with E-state index in [4.69, 9.17) is 0 Å². The summed E-state index contributed by atoms with van der Waals surface area (Å²) in [5.74, 6) is 0. The predicted octanol–water partition coefficient (Wildman–Crippen LogP) is 4.46. The van der Waals surface area contributed by atoms with Gasteiger partial charge in [-0.05, 0) is 37.5 Å². The Morgan fingerprint density at radius 2 is 1.30 bits per heavy atom. The Bertz CT molecular complexity index is 663. The molecule has 0 bridgehead atoms. The van der Waals surface area contributed by atoms with Crippen LogP contribution in [0.25, 0.3) is 0 Å². The summed E-state index contributed by atoms with van der Waals surface area (Å²) in [6, 6.07) is 23.1. The molecule has 4 rings (SSSR count). The van der Waals surface area contributed by atoms with Gasteiger partial charge in [0, 0.05) is 57.0 Å². The summed E-state index contributed by atoms with van der Waals surface area (Å²) in [5, 5.41) is 0. The highest BCUT2D eigenvalue weighted by Crippen LogP contribution is 2.27. The molecule has 2 aliphatic heterocycles. The van der Waals surface area contributed by atoms with Crippen LogP contribution in [0.2, 0.25) is 0 Å². The Balaban J connectivity index is 0.00000210. The van der Waals surface area contributed by atoms with Crippen molar-refractivity contribution in [1.29, 1.82) is 0 Å². The maximum absolute atomic E-state index is 2.74. The van der Waals surface area contributed by atoms with E-state index in [-0.39, 0.29) is 12.4 Å². The average Bonchev–Trinajstić information content (AvgIpc) is 2.75. The van der Waals surface area contributed by atoms with Gasteiger partial charge in [0.05, 0.1) is 0 Å². The van der Waals surface area contributed by atoms with Crippen LogP contribution in [-0.4, -0.2) is 55.1 Å². The highest BCUT2D eigenvalue weighted by Gasteiger charge is 2.29. The van der Waals surface area contributed by atoms with E-state index in [0.29, 0.717) is 6.04 Å². The number of likely N-dealkylation sites (tertiary alicyclic amines) is 1. The van der Waals surface area contributed by atoms with Gasteiger partial charge in [0.1, 0.15) is 0 Å². The van der Waals surface area contributed by atoms with Gasteiger partial charge in [-0.25, -0.2) is 0 Å². The molecule has 0 amide bonds. The third-order valence-electron chi connectivity index (χ3n) is 6.28. The molecule has 1 unspecified atom stereocenters. The van der Waals surface area contributed by atoms with Gasteiger partial charge in [0.25, 0.3) is 0 Å². The maximum Gasteiger partial charge on any atom is 0.0367 e. The number of anilines is 1. The van der Waals surface area contributed by atoms with E-state index in [1.54, 1.807) is 0 Å². The molecular formula is C23H32ClN3. The lowest BCUT2D eigenvalue weighted by Crippen LogP contribution is -2.53. The summed E-state index contributed by atoms with van der Waals surface area (Å²) in [7, 11) is 0. The van der Waals surface area contributed by atoms with E-state index in [2.05, 4.69) is 82.3 Å². The van der Waals surface area contributed by atoms with Gasteiger partial charge in [-0.1, -0.05) is 48.5 Å². The Hall–Kier alpha value is -1.55. The molecular weight excluding hydrogens is 354 g/mol.